The summed E-state index contributed by atoms with van der Waals surface area (Å²) in [5.74, 6) is -2.52. The predicted octanol–water partition coefficient (Wildman–Crippen LogP) is 3.38. The summed E-state index contributed by atoms with van der Waals surface area (Å²) in [5.41, 5.74) is 0. The third-order valence-electron chi connectivity index (χ3n) is 2.56. The van der Waals surface area contributed by atoms with E-state index in [9.17, 15) is 13.2 Å². The fourth-order valence-electron chi connectivity index (χ4n) is 1.57. The zero-order chi connectivity index (χ0) is 9.19. The highest BCUT2D eigenvalue weighted by Gasteiger charge is 2.41. The Balaban J connectivity index is 2.44. The number of rotatable bonds is 2. The van der Waals surface area contributed by atoms with E-state index in [-0.39, 0.29) is 5.92 Å². The Morgan fingerprint density at radius 3 is 2.25 bits per heavy atom. The van der Waals surface area contributed by atoms with Gasteiger partial charge in [0, 0.05) is 5.92 Å². The molecule has 0 amide bonds. The molecule has 0 aliphatic heterocycles. The summed E-state index contributed by atoms with van der Waals surface area (Å²) < 4.78 is 37.4. The van der Waals surface area contributed by atoms with E-state index < -0.39 is 12.6 Å². The van der Waals surface area contributed by atoms with Gasteiger partial charge in [0.05, 0.1) is 0 Å². The highest BCUT2D eigenvalue weighted by atomic mass is 19.3. The highest BCUT2D eigenvalue weighted by molar-refractivity contribution is 5.05. The number of halogens is 3. The molecule has 3 heteroatoms. The lowest BCUT2D eigenvalue weighted by molar-refractivity contribution is -0.0208. The molecule has 0 spiro atoms. The second-order valence-electron chi connectivity index (χ2n) is 3.62. The van der Waals surface area contributed by atoms with Crippen molar-refractivity contribution >= 4 is 0 Å². The van der Waals surface area contributed by atoms with Crippen molar-refractivity contribution in [2.45, 2.75) is 38.5 Å². The Bertz CT molecular complexity index is 137. The van der Waals surface area contributed by atoms with Crippen LogP contribution in [0.15, 0.2) is 0 Å². The average molecular weight is 179 g/mol. The molecular weight excluding hydrogens is 165 g/mol. The van der Waals surface area contributed by atoms with Crippen LogP contribution in [-0.2, 0) is 0 Å². The minimum absolute atomic E-state index is 0.114. The minimum atomic E-state index is -3.15. The van der Waals surface area contributed by atoms with Crippen LogP contribution in [0.4, 0.5) is 13.2 Å². The van der Waals surface area contributed by atoms with Crippen LogP contribution in [0.2, 0.25) is 0 Å². The molecule has 1 aliphatic carbocycles. The number of hydrogen-bond acceptors (Lipinski definition) is 0. The van der Waals surface area contributed by atoms with Crippen molar-refractivity contribution in [3.63, 3.8) is 0 Å². The first-order valence-electron chi connectivity index (χ1n) is 4.35. The van der Waals surface area contributed by atoms with E-state index in [1.807, 2.05) is 6.92 Å². The summed E-state index contributed by atoms with van der Waals surface area (Å²) in [6.07, 6.45) is 2.37. The molecule has 1 radical (unpaired) electrons. The van der Waals surface area contributed by atoms with Gasteiger partial charge in [0.25, 0.3) is 5.92 Å². The van der Waals surface area contributed by atoms with Crippen LogP contribution in [-0.4, -0.2) is 12.6 Å². The quantitative estimate of drug-likeness (QED) is 0.609. The van der Waals surface area contributed by atoms with Gasteiger partial charge in [-0.3, -0.25) is 0 Å². The monoisotopic (exact) mass is 179 g/mol. The second kappa shape index (κ2) is 3.67. The molecule has 1 fully saturated rings. The molecule has 0 nitrogen and oxygen atoms in total. The van der Waals surface area contributed by atoms with E-state index >= 15 is 0 Å². The van der Waals surface area contributed by atoms with Gasteiger partial charge in [0.1, 0.15) is 0 Å². The van der Waals surface area contributed by atoms with Crippen LogP contribution < -0.4 is 0 Å². The van der Waals surface area contributed by atoms with Gasteiger partial charge in [-0.1, -0.05) is 6.92 Å². The number of alkyl halides is 3. The van der Waals surface area contributed by atoms with Crippen molar-refractivity contribution in [3.05, 3.63) is 5.92 Å². The van der Waals surface area contributed by atoms with Gasteiger partial charge in [-0.15, -0.1) is 0 Å². The summed E-state index contributed by atoms with van der Waals surface area (Å²) in [4.78, 5) is 0. The summed E-state index contributed by atoms with van der Waals surface area (Å²) in [5, 5.41) is 0. The van der Waals surface area contributed by atoms with Crippen LogP contribution in [0, 0.1) is 11.8 Å². The molecule has 1 rings (SSSR count). The molecule has 1 aliphatic rings. The molecule has 0 unspecified atom stereocenters. The Labute approximate surface area is 71.1 Å². The van der Waals surface area contributed by atoms with Gasteiger partial charge >= 0.3 is 0 Å². The molecule has 0 N–H and O–H groups in total. The van der Waals surface area contributed by atoms with E-state index in [4.69, 9.17) is 0 Å². The first-order valence-corrected chi connectivity index (χ1v) is 4.35. The normalized spacial score (nSPS) is 23.0. The second-order valence-corrected chi connectivity index (χ2v) is 3.62. The molecule has 0 heterocycles. The molecule has 0 aromatic carbocycles. The Hall–Kier alpha value is -0.210. The lowest BCUT2D eigenvalue weighted by Crippen LogP contribution is -2.31. The fraction of sp³-hybridized carbons (Fsp3) is 0.889. The molecule has 1 saturated carbocycles. The van der Waals surface area contributed by atoms with Gasteiger partial charge in [0.15, 0.2) is 6.67 Å². The van der Waals surface area contributed by atoms with Gasteiger partial charge in [-0.25, -0.2) is 13.2 Å². The molecule has 0 aromatic heterocycles. The third kappa shape index (κ3) is 2.14. The SMILES string of the molecule is CC1CC[C](C(F)(F)CF)CC1. The summed E-state index contributed by atoms with van der Waals surface area (Å²) >= 11 is 0. The van der Waals surface area contributed by atoms with Crippen molar-refractivity contribution in [2.75, 3.05) is 6.67 Å². The Morgan fingerprint density at radius 2 is 1.83 bits per heavy atom. The average Bonchev–Trinajstić information content (AvgIpc) is 2.05. The molecular formula is C9H14F3. The maximum absolute atomic E-state index is 12.8. The highest BCUT2D eigenvalue weighted by Crippen LogP contribution is 2.40. The van der Waals surface area contributed by atoms with Crippen molar-refractivity contribution < 1.29 is 13.2 Å². The van der Waals surface area contributed by atoms with Crippen molar-refractivity contribution in [2.24, 2.45) is 5.92 Å². The first-order chi connectivity index (χ1) is 5.56. The minimum Gasteiger partial charge on any atom is -0.244 e. The summed E-state index contributed by atoms with van der Waals surface area (Å²) in [7, 11) is 0. The maximum Gasteiger partial charge on any atom is 0.282 e. The van der Waals surface area contributed by atoms with E-state index in [2.05, 4.69) is 0 Å². The lowest BCUT2D eigenvalue weighted by Gasteiger charge is -2.30. The zero-order valence-corrected chi connectivity index (χ0v) is 7.25. The van der Waals surface area contributed by atoms with Crippen molar-refractivity contribution in [1.29, 1.82) is 0 Å². The Morgan fingerprint density at radius 1 is 1.33 bits per heavy atom. The third-order valence-corrected chi connectivity index (χ3v) is 2.56. The van der Waals surface area contributed by atoms with Gasteiger partial charge in [0.2, 0.25) is 0 Å². The molecule has 0 bridgehead atoms. The lowest BCUT2D eigenvalue weighted by atomic mass is 9.80. The topological polar surface area (TPSA) is 0 Å². The van der Waals surface area contributed by atoms with Crippen molar-refractivity contribution in [1.82, 2.24) is 0 Å². The standard InChI is InChI=1S/C9H14F3/c1-7-2-4-8(5-3-7)9(11,12)6-10/h7H,2-6H2,1H3. The van der Waals surface area contributed by atoms with Gasteiger partial charge in [-0.05, 0) is 31.6 Å². The van der Waals surface area contributed by atoms with E-state index in [1.54, 1.807) is 0 Å². The van der Waals surface area contributed by atoms with Crippen LogP contribution in [0.1, 0.15) is 32.6 Å². The fourth-order valence-corrected chi connectivity index (χ4v) is 1.57. The van der Waals surface area contributed by atoms with Crippen LogP contribution >= 0.6 is 0 Å². The van der Waals surface area contributed by atoms with Crippen LogP contribution in [0.25, 0.3) is 0 Å². The van der Waals surface area contributed by atoms with Crippen molar-refractivity contribution in [3.8, 4) is 0 Å². The molecule has 12 heavy (non-hydrogen) atoms. The molecule has 0 atom stereocenters. The van der Waals surface area contributed by atoms with E-state index in [0.29, 0.717) is 18.8 Å². The predicted molar refractivity (Wildman–Crippen MR) is 41.8 cm³/mol. The van der Waals surface area contributed by atoms with Gasteiger partial charge in [-0.2, -0.15) is 0 Å². The molecule has 0 saturated heterocycles. The zero-order valence-electron chi connectivity index (χ0n) is 7.25. The van der Waals surface area contributed by atoms with E-state index in [0.717, 1.165) is 12.8 Å². The van der Waals surface area contributed by atoms with Crippen LogP contribution in [0.3, 0.4) is 0 Å². The van der Waals surface area contributed by atoms with Crippen LogP contribution in [0.5, 0.6) is 0 Å². The van der Waals surface area contributed by atoms with Gasteiger partial charge < -0.3 is 0 Å². The largest absolute Gasteiger partial charge is 0.282 e. The molecule has 0 aromatic rings. The Kier molecular flexibility index (Phi) is 3.02. The smallest absolute Gasteiger partial charge is 0.244 e. The van der Waals surface area contributed by atoms with E-state index in [1.165, 1.54) is 0 Å². The maximum atomic E-state index is 12.8. The summed E-state index contributed by atoms with van der Waals surface area (Å²) in [6, 6.07) is 0. The summed E-state index contributed by atoms with van der Waals surface area (Å²) in [6.45, 7) is 0.515. The number of hydrogen-bond donors (Lipinski definition) is 0. The molecule has 71 valence electrons. The first kappa shape index (κ1) is 9.87.